The van der Waals surface area contributed by atoms with E-state index in [1.807, 2.05) is 0 Å². The first kappa shape index (κ1) is 34.3. The van der Waals surface area contributed by atoms with Crippen molar-refractivity contribution in [1.29, 1.82) is 0 Å². The number of fused-ring (bicyclic) bond motifs is 5. The van der Waals surface area contributed by atoms with Gasteiger partial charge in [0.05, 0.1) is 22.1 Å². The molecule has 7 rings (SSSR count). The molecule has 3 heterocycles. The van der Waals surface area contributed by atoms with Crippen LogP contribution in [0.1, 0.15) is 116 Å². The Hall–Kier alpha value is -5.12. The summed E-state index contributed by atoms with van der Waals surface area (Å²) in [4.78, 5) is 11.5. The smallest absolute Gasteiger partial charge is 0.0617 e. The summed E-state index contributed by atoms with van der Waals surface area (Å²) in [5, 5.41) is 4.68. The van der Waals surface area contributed by atoms with E-state index in [1.54, 1.807) is 0 Å². The highest BCUT2D eigenvalue weighted by Gasteiger charge is 2.25. The van der Waals surface area contributed by atoms with Gasteiger partial charge in [-0.05, 0) is 105 Å². The van der Waals surface area contributed by atoms with E-state index >= 15 is 0 Å². The van der Waals surface area contributed by atoms with Crippen LogP contribution in [0.2, 0.25) is 0 Å². The summed E-state index contributed by atoms with van der Waals surface area (Å²) < 4.78 is 0. The molecule has 0 aliphatic carbocycles. The Bertz CT molecular complexity index is 2440. The summed E-state index contributed by atoms with van der Waals surface area (Å²) in [7, 11) is 0. The maximum Gasteiger partial charge on any atom is 0.0617 e. The quantitative estimate of drug-likeness (QED) is 0.153. The number of terminal acetylenes is 2. The molecule has 0 saturated heterocycles. The molecule has 7 aromatic rings. The van der Waals surface area contributed by atoms with Crippen LogP contribution >= 0.6 is 0 Å². The molecule has 0 bridgehead atoms. The van der Waals surface area contributed by atoms with Crippen molar-refractivity contribution < 1.29 is 0 Å². The van der Waals surface area contributed by atoms with E-state index in [-0.39, 0.29) is 21.7 Å². The highest BCUT2D eigenvalue weighted by Crippen LogP contribution is 2.44. The third kappa shape index (κ3) is 5.84. The Kier molecular flexibility index (Phi) is 7.53. The van der Waals surface area contributed by atoms with Gasteiger partial charge in [-0.2, -0.15) is 0 Å². The first-order valence-corrected chi connectivity index (χ1v) is 18.1. The molecule has 0 atom stereocenters. The highest BCUT2D eigenvalue weighted by molar-refractivity contribution is 6.16. The SMILES string of the molecule is C#Cc1cc(C(C)(C)C)cc2cc(-c3cc(C(C)(C)C)cc4c3[nH]c3c(-c5cc6cc(C(C)(C)C)cc(C#C)c6[nH]5)cc(C(C)(C)C)cc34)[nH]c12. The minimum atomic E-state index is -0.0695. The zero-order chi connectivity index (χ0) is 37.0. The zero-order valence-corrected chi connectivity index (χ0v) is 32.4. The van der Waals surface area contributed by atoms with Crippen LogP contribution in [0.3, 0.4) is 0 Å². The van der Waals surface area contributed by atoms with Crippen molar-refractivity contribution in [2.45, 2.75) is 105 Å². The second kappa shape index (κ2) is 11.2. The Morgan fingerprint density at radius 3 is 1.04 bits per heavy atom. The van der Waals surface area contributed by atoms with Crippen molar-refractivity contribution in [3.63, 3.8) is 0 Å². The minimum Gasteiger partial charge on any atom is -0.353 e. The number of benzene rings is 4. The third-order valence-electron chi connectivity index (χ3n) is 10.6. The monoisotopic (exact) mass is 669 g/mol. The summed E-state index contributed by atoms with van der Waals surface area (Å²) in [5.74, 6) is 5.93. The molecular weight excluding hydrogens is 619 g/mol. The van der Waals surface area contributed by atoms with Crippen LogP contribution in [0, 0.1) is 24.7 Å². The molecule has 3 aromatic heterocycles. The lowest BCUT2D eigenvalue weighted by Crippen LogP contribution is -2.11. The standard InChI is InChI=1S/C48H51N3/c1-15-27-17-31(45(3,4)5)19-29-21-39(49-41(27)29)37-25-33(47(9,10)11)23-35-36-24-34(48(12,13)14)26-38(44(36)51-43(35)37)40-22-30-20-32(46(6,7)8)18-28(16-2)42(30)50-40/h1-2,17-26,49-51H,3-14H3. The number of aromatic amines is 3. The van der Waals surface area contributed by atoms with E-state index < -0.39 is 0 Å². The largest absolute Gasteiger partial charge is 0.353 e. The Balaban J connectivity index is 1.57. The molecule has 0 amide bonds. The number of H-pyrrole nitrogens is 3. The van der Waals surface area contributed by atoms with Gasteiger partial charge in [-0.3, -0.25) is 0 Å². The second-order valence-electron chi connectivity index (χ2n) is 18.6. The number of aromatic nitrogens is 3. The van der Waals surface area contributed by atoms with Gasteiger partial charge in [0.2, 0.25) is 0 Å². The van der Waals surface area contributed by atoms with Crippen molar-refractivity contribution in [3.8, 4) is 47.2 Å². The summed E-state index contributed by atoms with van der Waals surface area (Å²) in [6, 6.07) is 22.9. The third-order valence-corrected chi connectivity index (χ3v) is 10.6. The molecule has 0 radical (unpaired) electrons. The molecule has 3 nitrogen and oxygen atoms in total. The van der Waals surface area contributed by atoms with Crippen LogP contribution in [0.5, 0.6) is 0 Å². The molecule has 0 aliphatic heterocycles. The van der Waals surface area contributed by atoms with Gasteiger partial charge in [0, 0.05) is 55.2 Å². The van der Waals surface area contributed by atoms with Gasteiger partial charge in [0.15, 0.2) is 0 Å². The highest BCUT2D eigenvalue weighted by atomic mass is 14.8. The molecule has 0 aliphatic rings. The molecule has 3 heteroatoms. The number of nitrogens with one attached hydrogen (secondary N) is 3. The van der Waals surface area contributed by atoms with Crippen molar-refractivity contribution >= 4 is 43.6 Å². The van der Waals surface area contributed by atoms with E-state index in [4.69, 9.17) is 12.8 Å². The number of hydrogen-bond donors (Lipinski definition) is 3. The van der Waals surface area contributed by atoms with Crippen molar-refractivity contribution in [3.05, 3.63) is 94.0 Å². The zero-order valence-electron chi connectivity index (χ0n) is 32.4. The maximum absolute atomic E-state index is 6.11. The normalized spacial score (nSPS) is 13.1. The predicted octanol–water partition coefficient (Wildman–Crippen LogP) is 12.8. The van der Waals surface area contributed by atoms with E-state index in [1.165, 1.54) is 33.0 Å². The van der Waals surface area contributed by atoms with Crippen molar-refractivity contribution in [2.24, 2.45) is 0 Å². The van der Waals surface area contributed by atoms with Crippen molar-refractivity contribution in [2.75, 3.05) is 0 Å². The van der Waals surface area contributed by atoms with E-state index in [2.05, 4.69) is 171 Å². The Labute approximate surface area is 303 Å². The van der Waals surface area contributed by atoms with E-state index in [9.17, 15) is 0 Å². The van der Waals surface area contributed by atoms with Crippen molar-refractivity contribution in [1.82, 2.24) is 15.0 Å². The average molecular weight is 670 g/mol. The summed E-state index contributed by atoms with van der Waals surface area (Å²) in [6.07, 6.45) is 12.2. The molecule has 0 saturated carbocycles. The fourth-order valence-corrected chi connectivity index (χ4v) is 7.27. The van der Waals surface area contributed by atoms with Gasteiger partial charge in [-0.1, -0.05) is 94.9 Å². The van der Waals surface area contributed by atoms with Gasteiger partial charge in [-0.25, -0.2) is 0 Å². The van der Waals surface area contributed by atoms with Crippen LogP contribution in [0.4, 0.5) is 0 Å². The lowest BCUT2D eigenvalue weighted by molar-refractivity contribution is 0.590. The van der Waals surface area contributed by atoms with Gasteiger partial charge in [0.1, 0.15) is 0 Å². The summed E-state index contributed by atoms with van der Waals surface area (Å²) >= 11 is 0. The van der Waals surface area contributed by atoms with Crippen LogP contribution in [-0.2, 0) is 21.7 Å². The number of hydrogen-bond acceptors (Lipinski definition) is 0. The summed E-state index contributed by atoms with van der Waals surface area (Å²) in [6.45, 7) is 27.1. The Morgan fingerprint density at radius 1 is 0.392 bits per heavy atom. The van der Waals surface area contributed by atoms with Crippen LogP contribution in [0.15, 0.2) is 60.7 Å². The number of rotatable bonds is 2. The molecule has 3 N–H and O–H groups in total. The predicted molar refractivity (Wildman–Crippen MR) is 221 cm³/mol. The fourth-order valence-electron chi connectivity index (χ4n) is 7.27. The second-order valence-corrected chi connectivity index (χ2v) is 18.6. The van der Waals surface area contributed by atoms with Crippen LogP contribution < -0.4 is 0 Å². The molecule has 4 aromatic carbocycles. The van der Waals surface area contributed by atoms with E-state index in [0.29, 0.717) is 0 Å². The topological polar surface area (TPSA) is 47.4 Å². The molecule has 51 heavy (non-hydrogen) atoms. The molecule has 0 fully saturated rings. The lowest BCUT2D eigenvalue weighted by Gasteiger charge is -2.21. The first-order chi connectivity index (χ1) is 23.7. The molecule has 0 spiro atoms. The average Bonchev–Trinajstić information content (AvgIpc) is 3.76. The fraction of sp³-hybridized carbons (Fsp3) is 0.333. The van der Waals surface area contributed by atoms with Crippen LogP contribution in [-0.4, -0.2) is 15.0 Å². The molecule has 258 valence electrons. The molecular formula is C48H51N3. The summed E-state index contributed by atoms with van der Waals surface area (Å²) in [5.41, 5.74) is 15.2. The first-order valence-electron chi connectivity index (χ1n) is 18.1. The minimum absolute atomic E-state index is 0.0209. The lowest BCUT2D eigenvalue weighted by atomic mass is 9.83. The maximum atomic E-state index is 6.11. The Morgan fingerprint density at radius 2 is 0.725 bits per heavy atom. The van der Waals surface area contributed by atoms with Gasteiger partial charge < -0.3 is 15.0 Å². The molecule has 0 unspecified atom stereocenters. The van der Waals surface area contributed by atoms with Gasteiger partial charge in [0.25, 0.3) is 0 Å². The van der Waals surface area contributed by atoms with E-state index in [0.717, 1.165) is 66.5 Å². The van der Waals surface area contributed by atoms with Crippen LogP contribution in [0.25, 0.3) is 66.1 Å². The van der Waals surface area contributed by atoms with Gasteiger partial charge >= 0.3 is 0 Å². The van der Waals surface area contributed by atoms with Gasteiger partial charge in [-0.15, -0.1) is 12.8 Å².